The lowest BCUT2D eigenvalue weighted by atomic mass is 9.95. The Labute approximate surface area is 151 Å². The van der Waals surface area contributed by atoms with Crippen LogP contribution in [0.25, 0.3) is 0 Å². The van der Waals surface area contributed by atoms with Gasteiger partial charge < -0.3 is 15.0 Å². The highest BCUT2D eigenvalue weighted by molar-refractivity contribution is 6.31. The van der Waals surface area contributed by atoms with Crippen LogP contribution in [0.15, 0.2) is 42.5 Å². The second-order valence-electron chi connectivity index (χ2n) is 6.05. The number of benzene rings is 2. The summed E-state index contributed by atoms with van der Waals surface area (Å²) in [6.45, 7) is 1.29. The van der Waals surface area contributed by atoms with Crippen LogP contribution in [0.3, 0.4) is 0 Å². The van der Waals surface area contributed by atoms with E-state index in [0.717, 1.165) is 0 Å². The molecule has 4 nitrogen and oxygen atoms in total. The van der Waals surface area contributed by atoms with Crippen LogP contribution in [-0.4, -0.2) is 26.1 Å². The van der Waals surface area contributed by atoms with Crippen LogP contribution in [0.1, 0.15) is 12.8 Å². The number of hydrogen-bond donors (Lipinski definition) is 1. The average Bonchev–Trinajstić information content (AvgIpc) is 2.62. The molecule has 0 saturated carbocycles. The molecule has 3 rings (SSSR count). The molecule has 0 bridgehead atoms. The van der Waals surface area contributed by atoms with Crippen LogP contribution in [-0.2, 0) is 4.79 Å². The van der Waals surface area contributed by atoms with E-state index in [4.69, 9.17) is 16.3 Å². The van der Waals surface area contributed by atoms with Gasteiger partial charge in [0, 0.05) is 24.0 Å². The first-order chi connectivity index (χ1) is 12.1. The van der Waals surface area contributed by atoms with E-state index in [9.17, 15) is 9.18 Å². The van der Waals surface area contributed by atoms with E-state index in [1.807, 2.05) is 11.0 Å². The first kappa shape index (κ1) is 17.5. The van der Waals surface area contributed by atoms with Gasteiger partial charge >= 0.3 is 0 Å². The summed E-state index contributed by atoms with van der Waals surface area (Å²) >= 11 is 6.00. The number of nitrogens with one attached hydrogen (secondary N) is 1. The Morgan fingerprint density at radius 3 is 2.64 bits per heavy atom. The molecule has 132 valence electrons. The van der Waals surface area contributed by atoms with Gasteiger partial charge in [-0.2, -0.15) is 0 Å². The number of piperidine rings is 1. The second kappa shape index (κ2) is 7.74. The number of methoxy groups -OCH3 is 1. The number of carbonyl (C=O) groups excluding carboxylic acids is 1. The Bertz CT molecular complexity index is 761. The summed E-state index contributed by atoms with van der Waals surface area (Å²) in [6.07, 6.45) is 1.34. The van der Waals surface area contributed by atoms with Crippen molar-refractivity contribution in [2.75, 3.05) is 30.4 Å². The maximum atomic E-state index is 13.9. The number of halogens is 2. The third kappa shape index (κ3) is 4.04. The summed E-state index contributed by atoms with van der Waals surface area (Å²) in [5.41, 5.74) is 1.16. The van der Waals surface area contributed by atoms with Crippen LogP contribution >= 0.6 is 11.6 Å². The summed E-state index contributed by atoms with van der Waals surface area (Å²) < 4.78 is 19.1. The maximum absolute atomic E-state index is 13.9. The molecule has 1 aliphatic rings. The van der Waals surface area contributed by atoms with Gasteiger partial charge in [0.1, 0.15) is 11.6 Å². The Kier molecular flexibility index (Phi) is 5.43. The lowest BCUT2D eigenvalue weighted by Gasteiger charge is -2.33. The van der Waals surface area contributed by atoms with Gasteiger partial charge in [0.15, 0.2) is 0 Å². The molecule has 0 radical (unpaired) electrons. The average molecular weight is 363 g/mol. The number of amides is 1. The van der Waals surface area contributed by atoms with E-state index in [-0.39, 0.29) is 17.6 Å². The molecule has 0 aliphatic carbocycles. The molecule has 1 amide bonds. The van der Waals surface area contributed by atoms with Crippen molar-refractivity contribution >= 4 is 28.9 Å². The molecule has 1 aliphatic heterocycles. The van der Waals surface area contributed by atoms with E-state index in [2.05, 4.69) is 5.32 Å². The molecule has 2 aromatic carbocycles. The molecule has 25 heavy (non-hydrogen) atoms. The van der Waals surface area contributed by atoms with Crippen LogP contribution < -0.4 is 15.0 Å². The van der Waals surface area contributed by atoms with Crippen LogP contribution in [0.5, 0.6) is 5.75 Å². The largest absolute Gasteiger partial charge is 0.495 e. The number of hydrogen-bond acceptors (Lipinski definition) is 3. The number of ether oxygens (including phenoxy) is 1. The minimum Gasteiger partial charge on any atom is -0.495 e. The van der Waals surface area contributed by atoms with Crippen molar-refractivity contribution in [3.05, 3.63) is 53.3 Å². The topological polar surface area (TPSA) is 41.6 Å². The van der Waals surface area contributed by atoms with Crippen molar-refractivity contribution in [1.29, 1.82) is 0 Å². The number of carbonyl (C=O) groups is 1. The standard InChI is InChI=1S/C19H20ClFN2O2/c1-25-18-7-6-14(20)12-16(18)22-19(24)13-8-10-23(11-9-13)17-5-3-2-4-15(17)21/h2-7,12-13H,8-11H2,1H3,(H,22,24). The van der Waals surface area contributed by atoms with Crippen molar-refractivity contribution in [3.63, 3.8) is 0 Å². The third-order valence-corrected chi connectivity index (χ3v) is 4.71. The molecule has 1 N–H and O–H groups in total. The fourth-order valence-corrected chi connectivity index (χ4v) is 3.28. The van der Waals surface area contributed by atoms with Crippen LogP contribution in [0.2, 0.25) is 5.02 Å². The highest BCUT2D eigenvalue weighted by Gasteiger charge is 2.26. The van der Waals surface area contributed by atoms with E-state index >= 15 is 0 Å². The number of para-hydroxylation sites is 1. The van der Waals surface area contributed by atoms with Gasteiger partial charge in [0.25, 0.3) is 0 Å². The first-order valence-electron chi connectivity index (χ1n) is 8.22. The predicted molar refractivity (Wildman–Crippen MR) is 98.0 cm³/mol. The van der Waals surface area contributed by atoms with Crippen molar-refractivity contribution in [1.82, 2.24) is 0 Å². The molecule has 6 heteroatoms. The van der Waals surface area contributed by atoms with E-state index in [1.54, 1.807) is 37.4 Å². The summed E-state index contributed by atoms with van der Waals surface area (Å²) in [5.74, 6) is 0.163. The zero-order chi connectivity index (χ0) is 17.8. The van der Waals surface area contributed by atoms with E-state index in [0.29, 0.717) is 48.1 Å². The van der Waals surface area contributed by atoms with Gasteiger partial charge in [-0.05, 0) is 43.2 Å². The number of anilines is 2. The van der Waals surface area contributed by atoms with Gasteiger partial charge in [0.2, 0.25) is 5.91 Å². The fraction of sp³-hybridized carbons (Fsp3) is 0.316. The van der Waals surface area contributed by atoms with Crippen molar-refractivity contribution in [2.45, 2.75) is 12.8 Å². The van der Waals surface area contributed by atoms with Gasteiger partial charge in [-0.15, -0.1) is 0 Å². The van der Waals surface area contributed by atoms with E-state index < -0.39 is 0 Å². The predicted octanol–water partition coefficient (Wildman–Crippen LogP) is 4.34. The third-order valence-electron chi connectivity index (χ3n) is 4.48. The zero-order valence-electron chi connectivity index (χ0n) is 14.0. The molecule has 2 aromatic rings. The van der Waals surface area contributed by atoms with E-state index in [1.165, 1.54) is 6.07 Å². The molecule has 0 unspecified atom stereocenters. The molecule has 0 atom stereocenters. The molecule has 0 spiro atoms. The van der Waals surface area contributed by atoms with Gasteiger partial charge in [-0.3, -0.25) is 4.79 Å². The summed E-state index contributed by atoms with van der Waals surface area (Å²) in [7, 11) is 1.55. The van der Waals surface area contributed by atoms with Crippen molar-refractivity contribution in [3.8, 4) is 5.75 Å². The van der Waals surface area contributed by atoms with Crippen LogP contribution in [0.4, 0.5) is 15.8 Å². The highest BCUT2D eigenvalue weighted by Crippen LogP contribution is 2.30. The quantitative estimate of drug-likeness (QED) is 0.879. The fourth-order valence-electron chi connectivity index (χ4n) is 3.10. The maximum Gasteiger partial charge on any atom is 0.227 e. The van der Waals surface area contributed by atoms with Gasteiger partial charge in [0.05, 0.1) is 18.5 Å². The molecule has 1 saturated heterocycles. The first-order valence-corrected chi connectivity index (χ1v) is 8.60. The Morgan fingerprint density at radius 2 is 1.96 bits per heavy atom. The molecular weight excluding hydrogens is 343 g/mol. The molecule has 1 fully saturated rings. The Hall–Kier alpha value is -2.27. The Morgan fingerprint density at radius 1 is 1.24 bits per heavy atom. The monoisotopic (exact) mass is 362 g/mol. The lowest BCUT2D eigenvalue weighted by molar-refractivity contribution is -0.120. The second-order valence-corrected chi connectivity index (χ2v) is 6.48. The zero-order valence-corrected chi connectivity index (χ0v) is 14.7. The van der Waals surface area contributed by atoms with Crippen molar-refractivity contribution < 1.29 is 13.9 Å². The molecule has 0 aromatic heterocycles. The van der Waals surface area contributed by atoms with Gasteiger partial charge in [-0.1, -0.05) is 23.7 Å². The minimum absolute atomic E-state index is 0.0613. The molecular formula is C19H20ClFN2O2. The SMILES string of the molecule is COc1ccc(Cl)cc1NC(=O)C1CCN(c2ccccc2F)CC1. The van der Waals surface area contributed by atoms with Crippen molar-refractivity contribution in [2.24, 2.45) is 5.92 Å². The number of nitrogens with zero attached hydrogens (tertiary/aromatic N) is 1. The minimum atomic E-state index is -0.228. The summed E-state index contributed by atoms with van der Waals surface area (Å²) in [6, 6.07) is 11.8. The number of rotatable bonds is 4. The Balaban J connectivity index is 1.62. The smallest absolute Gasteiger partial charge is 0.227 e. The van der Waals surface area contributed by atoms with Gasteiger partial charge in [-0.25, -0.2) is 4.39 Å². The van der Waals surface area contributed by atoms with Crippen LogP contribution in [0, 0.1) is 11.7 Å². The highest BCUT2D eigenvalue weighted by atomic mass is 35.5. The summed E-state index contributed by atoms with van der Waals surface area (Å²) in [5, 5.41) is 3.43. The molecule has 1 heterocycles. The summed E-state index contributed by atoms with van der Waals surface area (Å²) in [4.78, 5) is 14.5. The normalized spacial score (nSPS) is 15.1. The lowest BCUT2D eigenvalue weighted by Crippen LogP contribution is -2.38.